The molecule has 0 aromatic rings. The average molecular weight is 316 g/mol. The number of carbonyl (C=O) groups excluding carboxylic acids is 2. The van der Waals surface area contributed by atoms with Crippen molar-refractivity contribution in [3.63, 3.8) is 0 Å². The predicted molar refractivity (Wildman–Crippen MR) is 91.8 cm³/mol. The maximum Gasteiger partial charge on any atom is 0.310 e. The summed E-state index contributed by atoms with van der Waals surface area (Å²) in [5.41, 5.74) is 2.89. The molecule has 0 spiro atoms. The van der Waals surface area contributed by atoms with E-state index < -0.39 is 0 Å². The van der Waals surface area contributed by atoms with Crippen LogP contribution in [0.3, 0.4) is 0 Å². The van der Waals surface area contributed by atoms with Crippen LogP contribution in [0.2, 0.25) is 0 Å². The summed E-state index contributed by atoms with van der Waals surface area (Å²) in [5.74, 6) is 0.0833. The van der Waals surface area contributed by atoms with Crippen molar-refractivity contribution in [1.82, 2.24) is 0 Å². The highest BCUT2D eigenvalue weighted by atomic mass is 16.5. The number of ketones is 1. The van der Waals surface area contributed by atoms with Crippen LogP contribution in [0, 0.1) is 17.3 Å². The summed E-state index contributed by atoms with van der Waals surface area (Å²) in [6.07, 6.45) is 6.61. The number of allylic oxidation sites excluding steroid dienone is 5. The zero-order valence-corrected chi connectivity index (χ0v) is 15.1. The molecule has 2 rings (SSSR count). The van der Waals surface area contributed by atoms with E-state index in [4.69, 9.17) is 4.74 Å². The lowest BCUT2D eigenvalue weighted by Gasteiger charge is -2.13. The third-order valence-corrected chi connectivity index (χ3v) is 5.16. The molecule has 0 amide bonds. The predicted octanol–water partition coefficient (Wildman–Crippen LogP) is 4.39. The smallest absolute Gasteiger partial charge is 0.310 e. The Morgan fingerprint density at radius 1 is 1.35 bits per heavy atom. The molecule has 3 nitrogen and oxygen atoms in total. The van der Waals surface area contributed by atoms with Gasteiger partial charge in [0.2, 0.25) is 0 Å². The molecule has 0 N–H and O–H groups in total. The molecule has 0 aliphatic heterocycles. The van der Waals surface area contributed by atoms with Gasteiger partial charge in [-0.25, -0.2) is 0 Å². The Kier molecular flexibility index (Phi) is 4.98. The van der Waals surface area contributed by atoms with Crippen LogP contribution >= 0.6 is 0 Å². The first kappa shape index (κ1) is 17.7. The summed E-state index contributed by atoms with van der Waals surface area (Å²) in [4.78, 5) is 24.7. The van der Waals surface area contributed by atoms with Gasteiger partial charge in [0.05, 0.1) is 12.3 Å². The Morgan fingerprint density at radius 3 is 2.57 bits per heavy atom. The molecule has 23 heavy (non-hydrogen) atoms. The van der Waals surface area contributed by atoms with E-state index >= 15 is 0 Å². The van der Waals surface area contributed by atoms with Crippen molar-refractivity contribution >= 4 is 11.8 Å². The Morgan fingerprint density at radius 2 is 2.00 bits per heavy atom. The normalized spacial score (nSPS) is 29.1. The van der Waals surface area contributed by atoms with Crippen LogP contribution in [0.1, 0.15) is 54.4 Å². The molecule has 0 aromatic heterocycles. The van der Waals surface area contributed by atoms with E-state index in [1.54, 1.807) is 0 Å². The zero-order chi connectivity index (χ0) is 17.4. The molecule has 3 atom stereocenters. The van der Waals surface area contributed by atoms with Gasteiger partial charge in [0.25, 0.3) is 0 Å². The maximum atomic E-state index is 12.5. The molecule has 0 unspecified atom stereocenters. The molecular formula is C20H28O3. The number of ether oxygens (including phenoxy) is 1. The second-order valence-corrected chi connectivity index (χ2v) is 7.56. The standard InChI is InChI=1S/C20H28O3/c1-7-8-9-14-13(4)17(11-16(14)21)23-19(22)18-15(10-12(2)3)20(18,5)6/h7-8,10,15,17-18H,9,11H2,1-6H3/b8-7-/t15-,17-,18+/m1/s1. The third kappa shape index (κ3) is 3.49. The van der Waals surface area contributed by atoms with Crippen LogP contribution in [0.15, 0.2) is 34.9 Å². The Labute approximate surface area is 139 Å². The van der Waals surface area contributed by atoms with E-state index in [0.717, 1.165) is 11.1 Å². The summed E-state index contributed by atoms with van der Waals surface area (Å²) >= 11 is 0. The van der Waals surface area contributed by atoms with E-state index in [0.29, 0.717) is 12.8 Å². The molecule has 0 heterocycles. The molecule has 3 heteroatoms. The van der Waals surface area contributed by atoms with Crippen molar-refractivity contribution in [2.24, 2.45) is 17.3 Å². The minimum Gasteiger partial charge on any atom is -0.457 e. The molecule has 0 aromatic carbocycles. The number of hydrogen-bond acceptors (Lipinski definition) is 3. The monoisotopic (exact) mass is 316 g/mol. The first-order valence-electron chi connectivity index (χ1n) is 8.39. The van der Waals surface area contributed by atoms with Crippen molar-refractivity contribution in [1.29, 1.82) is 0 Å². The van der Waals surface area contributed by atoms with Crippen molar-refractivity contribution in [3.8, 4) is 0 Å². The molecule has 0 saturated heterocycles. The maximum absolute atomic E-state index is 12.5. The Bertz CT molecular complexity index is 600. The van der Waals surface area contributed by atoms with Crippen molar-refractivity contribution < 1.29 is 14.3 Å². The third-order valence-electron chi connectivity index (χ3n) is 5.16. The lowest BCUT2D eigenvalue weighted by Crippen LogP contribution is -2.20. The van der Waals surface area contributed by atoms with Gasteiger partial charge in [-0.1, -0.05) is 37.6 Å². The number of hydrogen-bond donors (Lipinski definition) is 0. The minimum atomic E-state index is -0.376. The Balaban J connectivity index is 2.06. The first-order valence-corrected chi connectivity index (χ1v) is 8.39. The van der Waals surface area contributed by atoms with E-state index in [2.05, 4.69) is 19.9 Å². The molecule has 0 radical (unpaired) electrons. The Hall–Kier alpha value is -1.64. The quantitative estimate of drug-likeness (QED) is 0.558. The number of Topliss-reactive ketones (excluding diaryl/α,β-unsaturated/α-hetero) is 1. The van der Waals surface area contributed by atoms with Gasteiger partial charge in [-0.05, 0) is 51.0 Å². The minimum absolute atomic E-state index is 0.0532. The van der Waals surface area contributed by atoms with E-state index in [1.165, 1.54) is 5.57 Å². The SMILES string of the molecule is C/C=C\CC1=C(C)[C@H](OC(=O)[C@@H]2[C@@H](C=C(C)C)C2(C)C)CC1=O. The van der Waals surface area contributed by atoms with Gasteiger partial charge in [0, 0.05) is 5.57 Å². The van der Waals surface area contributed by atoms with Gasteiger partial charge in [0.1, 0.15) is 6.10 Å². The summed E-state index contributed by atoms with van der Waals surface area (Å²) in [5, 5.41) is 0. The van der Waals surface area contributed by atoms with Crippen LogP contribution in [0.25, 0.3) is 0 Å². The molecule has 1 saturated carbocycles. The molecule has 2 aliphatic carbocycles. The van der Waals surface area contributed by atoms with Crippen molar-refractivity contribution in [2.75, 3.05) is 0 Å². The van der Waals surface area contributed by atoms with Crippen LogP contribution in [0.5, 0.6) is 0 Å². The fourth-order valence-corrected chi connectivity index (χ4v) is 3.51. The van der Waals surface area contributed by atoms with Crippen molar-refractivity contribution in [2.45, 2.75) is 60.5 Å². The van der Waals surface area contributed by atoms with Crippen LogP contribution in [-0.4, -0.2) is 17.9 Å². The summed E-state index contributed by atoms with van der Waals surface area (Å²) in [7, 11) is 0. The van der Waals surface area contributed by atoms with E-state index in [1.807, 2.05) is 39.8 Å². The molecular weight excluding hydrogens is 288 g/mol. The highest BCUT2D eigenvalue weighted by Gasteiger charge is 2.61. The van der Waals surface area contributed by atoms with Gasteiger partial charge >= 0.3 is 5.97 Å². The molecule has 0 bridgehead atoms. The molecule has 1 fully saturated rings. The van der Waals surface area contributed by atoms with Gasteiger partial charge < -0.3 is 4.74 Å². The van der Waals surface area contributed by atoms with Crippen LogP contribution in [0.4, 0.5) is 0 Å². The molecule has 126 valence electrons. The fourth-order valence-electron chi connectivity index (χ4n) is 3.51. The summed E-state index contributed by atoms with van der Waals surface area (Å²) in [6, 6.07) is 0. The second-order valence-electron chi connectivity index (χ2n) is 7.56. The second kappa shape index (κ2) is 6.46. The first-order chi connectivity index (χ1) is 10.7. The number of rotatable bonds is 5. The zero-order valence-electron chi connectivity index (χ0n) is 15.1. The van der Waals surface area contributed by atoms with Crippen LogP contribution < -0.4 is 0 Å². The van der Waals surface area contributed by atoms with Gasteiger partial charge in [0.15, 0.2) is 5.78 Å². The van der Waals surface area contributed by atoms with E-state index in [-0.39, 0.29) is 35.1 Å². The lowest BCUT2D eigenvalue weighted by molar-refractivity contribution is -0.150. The topological polar surface area (TPSA) is 43.4 Å². The number of carbonyl (C=O) groups is 2. The van der Waals surface area contributed by atoms with Gasteiger partial charge in [-0.15, -0.1) is 0 Å². The number of esters is 1. The van der Waals surface area contributed by atoms with Gasteiger partial charge in [-0.2, -0.15) is 0 Å². The highest BCUT2D eigenvalue weighted by Crippen LogP contribution is 2.60. The largest absolute Gasteiger partial charge is 0.457 e. The summed E-state index contributed by atoms with van der Waals surface area (Å²) < 4.78 is 5.70. The fraction of sp³-hybridized carbons (Fsp3) is 0.600. The van der Waals surface area contributed by atoms with E-state index in [9.17, 15) is 9.59 Å². The molecule has 2 aliphatic rings. The van der Waals surface area contributed by atoms with Crippen LogP contribution in [-0.2, 0) is 14.3 Å². The van der Waals surface area contributed by atoms with Crippen molar-refractivity contribution in [3.05, 3.63) is 34.9 Å². The van der Waals surface area contributed by atoms with Gasteiger partial charge in [-0.3, -0.25) is 9.59 Å². The summed E-state index contributed by atoms with van der Waals surface area (Å²) in [6.45, 7) is 12.1. The highest BCUT2D eigenvalue weighted by molar-refractivity contribution is 6.00. The lowest BCUT2D eigenvalue weighted by atomic mass is 10.1. The average Bonchev–Trinajstić information content (AvgIpc) is 2.86.